The molecule has 2 aromatic heterocycles. The quantitative estimate of drug-likeness (QED) is 0.841. The van der Waals surface area contributed by atoms with Crippen LogP contribution in [-0.4, -0.2) is 52.5 Å². The van der Waals surface area contributed by atoms with E-state index in [4.69, 9.17) is 0 Å². The van der Waals surface area contributed by atoms with Crippen molar-refractivity contribution in [2.75, 3.05) is 26.2 Å². The number of hydrogen-bond acceptors (Lipinski definition) is 4. The summed E-state index contributed by atoms with van der Waals surface area (Å²) in [5, 5.41) is 0.606. The Hall–Kier alpha value is -1.66. The number of fused-ring (bicyclic) bond motifs is 1. The van der Waals surface area contributed by atoms with Gasteiger partial charge in [-0.15, -0.1) is 11.3 Å². The van der Waals surface area contributed by atoms with Gasteiger partial charge in [-0.05, 0) is 33.3 Å². The Morgan fingerprint density at radius 1 is 1.24 bits per heavy atom. The van der Waals surface area contributed by atoms with Crippen LogP contribution in [0.15, 0.2) is 17.1 Å². The minimum Gasteiger partial charge on any atom is -0.336 e. The number of nitrogens with zero attached hydrogens (tertiary/aromatic N) is 3. The van der Waals surface area contributed by atoms with Gasteiger partial charge in [-0.3, -0.25) is 14.5 Å². The summed E-state index contributed by atoms with van der Waals surface area (Å²) >= 11 is 1.55. The van der Waals surface area contributed by atoms with Gasteiger partial charge in [-0.1, -0.05) is 6.92 Å². The molecular formula is C19H27N3O2S. The van der Waals surface area contributed by atoms with Crippen LogP contribution < -0.4 is 5.56 Å². The average molecular weight is 362 g/mol. The summed E-state index contributed by atoms with van der Waals surface area (Å²) in [4.78, 5) is 31.3. The molecule has 0 aromatic carbocycles. The molecule has 0 unspecified atom stereocenters. The average Bonchev–Trinajstić information content (AvgIpc) is 2.94. The number of amides is 1. The van der Waals surface area contributed by atoms with Crippen LogP contribution in [0.5, 0.6) is 0 Å². The predicted molar refractivity (Wildman–Crippen MR) is 104 cm³/mol. The first-order chi connectivity index (χ1) is 11.9. The highest BCUT2D eigenvalue weighted by Crippen LogP contribution is 2.29. The highest BCUT2D eigenvalue weighted by atomic mass is 32.1. The van der Waals surface area contributed by atoms with Crippen LogP contribution >= 0.6 is 11.3 Å². The number of aryl methyl sites for hydroxylation is 2. The Morgan fingerprint density at radius 2 is 1.92 bits per heavy atom. The zero-order valence-electron chi connectivity index (χ0n) is 15.5. The molecule has 3 rings (SSSR count). The van der Waals surface area contributed by atoms with Gasteiger partial charge in [0.2, 0.25) is 0 Å². The number of piperazine rings is 1. The number of carbonyl (C=O) groups excluding carboxylic acids is 1. The maximum Gasteiger partial charge on any atom is 0.260 e. The molecule has 0 aliphatic carbocycles. The van der Waals surface area contributed by atoms with E-state index in [1.807, 2.05) is 24.1 Å². The Kier molecular flexibility index (Phi) is 5.29. The fourth-order valence-electron chi connectivity index (χ4n) is 3.54. The SMILES string of the molecule is CCCn1ccc2sc(C)c(C(=O)N3CCN(C(C)C)CC3)c2c1=O. The summed E-state index contributed by atoms with van der Waals surface area (Å²) in [6.45, 7) is 12.3. The molecule has 1 amide bonds. The summed E-state index contributed by atoms with van der Waals surface area (Å²) in [6.07, 6.45) is 2.74. The molecule has 0 radical (unpaired) electrons. The lowest BCUT2D eigenvalue weighted by Crippen LogP contribution is -2.50. The molecule has 136 valence electrons. The molecule has 2 aromatic rings. The van der Waals surface area contributed by atoms with Crippen LogP contribution in [0.25, 0.3) is 10.1 Å². The van der Waals surface area contributed by atoms with Crippen LogP contribution in [0.3, 0.4) is 0 Å². The first kappa shape index (κ1) is 18.1. The molecule has 0 spiro atoms. The van der Waals surface area contributed by atoms with E-state index in [-0.39, 0.29) is 11.5 Å². The molecule has 1 aliphatic rings. The van der Waals surface area contributed by atoms with Gasteiger partial charge in [0.15, 0.2) is 0 Å². The van der Waals surface area contributed by atoms with Gasteiger partial charge >= 0.3 is 0 Å². The van der Waals surface area contributed by atoms with E-state index < -0.39 is 0 Å². The third-order valence-corrected chi connectivity index (χ3v) is 6.07. The molecular weight excluding hydrogens is 334 g/mol. The van der Waals surface area contributed by atoms with Gasteiger partial charge in [-0.2, -0.15) is 0 Å². The highest BCUT2D eigenvalue weighted by Gasteiger charge is 2.27. The zero-order valence-corrected chi connectivity index (χ0v) is 16.4. The number of pyridine rings is 1. The van der Waals surface area contributed by atoms with E-state index in [0.29, 0.717) is 23.5 Å². The fraction of sp³-hybridized carbons (Fsp3) is 0.579. The standard InChI is InChI=1S/C19H27N3O2S/c1-5-7-21-8-6-15-17(19(21)24)16(14(4)25-15)18(23)22-11-9-20(10-12-22)13(2)3/h6,8,13H,5,7,9-12H2,1-4H3. The third kappa shape index (κ3) is 3.37. The van der Waals surface area contributed by atoms with Gasteiger partial charge in [0.25, 0.3) is 11.5 Å². The van der Waals surface area contributed by atoms with Crippen molar-refractivity contribution < 1.29 is 4.79 Å². The zero-order chi connectivity index (χ0) is 18.1. The lowest BCUT2D eigenvalue weighted by Gasteiger charge is -2.37. The highest BCUT2D eigenvalue weighted by molar-refractivity contribution is 7.19. The monoisotopic (exact) mass is 361 g/mol. The normalized spacial score (nSPS) is 16.1. The maximum absolute atomic E-state index is 13.2. The van der Waals surface area contributed by atoms with Crippen molar-refractivity contribution in [3.8, 4) is 0 Å². The summed E-state index contributed by atoms with van der Waals surface area (Å²) < 4.78 is 2.64. The molecule has 3 heterocycles. The summed E-state index contributed by atoms with van der Waals surface area (Å²) in [5.41, 5.74) is 0.585. The largest absolute Gasteiger partial charge is 0.336 e. The molecule has 1 fully saturated rings. The van der Waals surface area contributed by atoms with Crippen LogP contribution in [0.4, 0.5) is 0 Å². The van der Waals surface area contributed by atoms with E-state index >= 15 is 0 Å². The summed E-state index contributed by atoms with van der Waals surface area (Å²) in [5.74, 6) is 0.0125. The smallest absolute Gasteiger partial charge is 0.260 e. The minimum atomic E-state index is -0.0344. The number of thiophene rings is 1. The van der Waals surface area contributed by atoms with Crippen molar-refractivity contribution in [2.24, 2.45) is 0 Å². The van der Waals surface area contributed by atoms with Crippen LogP contribution in [0.2, 0.25) is 0 Å². The van der Waals surface area contributed by atoms with Crippen molar-refractivity contribution in [3.63, 3.8) is 0 Å². The Morgan fingerprint density at radius 3 is 2.52 bits per heavy atom. The lowest BCUT2D eigenvalue weighted by atomic mass is 10.1. The number of carbonyl (C=O) groups is 1. The van der Waals surface area contributed by atoms with Gasteiger partial charge in [0, 0.05) is 54.5 Å². The topological polar surface area (TPSA) is 45.6 Å². The van der Waals surface area contributed by atoms with Crippen molar-refractivity contribution in [1.82, 2.24) is 14.4 Å². The minimum absolute atomic E-state index is 0.0125. The molecule has 1 saturated heterocycles. The van der Waals surface area contributed by atoms with Gasteiger partial charge in [0.05, 0.1) is 10.9 Å². The Labute approximate surface area is 152 Å². The fourth-order valence-corrected chi connectivity index (χ4v) is 4.58. The lowest BCUT2D eigenvalue weighted by molar-refractivity contribution is 0.0597. The second-order valence-corrected chi connectivity index (χ2v) is 8.27. The molecule has 6 heteroatoms. The number of rotatable bonds is 4. The second kappa shape index (κ2) is 7.30. The molecule has 0 bridgehead atoms. The molecule has 25 heavy (non-hydrogen) atoms. The Bertz CT molecular complexity index is 829. The van der Waals surface area contributed by atoms with Gasteiger partial charge in [-0.25, -0.2) is 0 Å². The van der Waals surface area contributed by atoms with Gasteiger partial charge < -0.3 is 9.47 Å². The predicted octanol–water partition coefficient (Wildman–Crippen LogP) is 2.95. The molecule has 0 atom stereocenters. The van der Waals surface area contributed by atoms with E-state index in [1.54, 1.807) is 15.9 Å². The summed E-state index contributed by atoms with van der Waals surface area (Å²) in [6, 6.07) is 2.47. The van der Waals surface area contributed by atoms with Crippen molar-refractivity contribution in [2.45, 2.75) is 46.7 Å². The van der Waals surface area contributed by atoms with Crippen LogP contribution in [0, 0.1) is 6.92 Å². The number of hydrogen-bond donors (Lipinski definition) is 0. The van der Waals surface area contributed by atoms with E-state index in [0.717, 1.165) is 42.2 Å². The Balaban J connectivity index is 1.95. The van der Waals surface area contributed by atoms with Crippen LogP contribution in [-0.2, 0) is 6.54 Å². The maximum atomic E-state index is 13.2. The van der Waals surface area contributed by atoms with Crippen molar-refractivity contribution in [1.29, 1.82) is 0 Å². The van der Waals surface area contributed by atoms with Crippen molar-refractivity contribution in [3.05, 3.63) is 33.1 Å². The molecule has 0 N–H and O–H groups in total. The summed E-state index contributed by atoms with van der Waals surface area (Å²) in [7, 11) is 0. The third-order valence-electron chi connectivity index (χ3n) is 5.00. The first-order valence-corrected chi connectivity index (χ1v) is 9.91. The van der Waals surface area contributed by atoms with Crippen LogP contribution in [0.1, 0.15) is 42.4 Å². The molecule has 0 saturated carbocycles. The number of aromatic nitrogens is 1. The first-order valence-electron chi connectivity index (χ1n) is 9.10. The van der Waals surface area contributed by atoms with E-state index in [2.05, 4.69) is 25.7 Å². The molecule has 1 aliphatic heterocycles. The van der Waals surface area contributed by atoms with E-state index in [9.17, 15) is 9.59 Å². The van der Waals surface area contributed by atoms with Crippen molar-refractivity contribution >= 4 is 27.3 Å². The van der Waals surface area contributed by atoms with E-state index in [1.165, 1.54) is 0 Å². The molecule has 5 nitrogen and oxygen atoms in total. The van der Waals surface area contributed by atoms with Gasteiger partial charge in [0.1, 0.15) is 0 Å². The second-order valence-electron chi connectivity index (χ2n) is 7.01.